The summed E-state index contributed by atoms with van der Waals surface area (Å²) in [5, 5.41) is 0. The quantitative estimate of drug-likeness (QED) is 0.812. The van der Waals surface area contributed by atoms with Crippen molar-refractivity contribution >= 4 is 11.8 Å². The van der Waals surface area contributed by atoms with Gasteiger partial charge in [-0.25, -0.2) is 4.98 Å². The third-order valence-corrected chi connectivity index (χ3v) is 4.60. The summed E-state index contributed by atoms with van der Waals surface area (Å²) in [4.78, 5) is 19.5. The zero-order valence-corrected chi connectivity index (χ0v) is 10.3. The second-order valence-electron chi connectivity index (χ2n) is 4.95. The number of nitrogens with one attached hydrogen (secondary N) is 1. The first-order valence-electron chi connectivity index (χ1n) is 5.93. The lowest BCUT2D eigenvalue weighted by atomic mass is 9.75. The third-order valence-electron chi connectivity index (χ3n) is 3.61. The Morgan fingerprint density at radius 3 is 3.00 bits per heavy atom. The van der Waals surface area contributed by atoms with Gasteiger partial charge in [0.2, 0.25) is 0 Å². The van der Waals surface area contributed by atoms with Crippen molar-refractivity contribution < 1.29 is 0 Å². The number of rotatable bonds is 1. The molecular formula is C12H16N2OS. The molecule has 2 aliphatic rings. The Labute approximate surface area is 99.1 Å². The first kappa shape index (κ1) is 10.4. The van der Waals surface area contributed by atoms with E-state index in [2.05, 4.69) is 16.9 Å². The van der Waals surface area contributed by atoms with Crippen molar-refractivity contribution in [2.24, 2.45) is 5.92 Å². The molecule has 0 radical (unpaired) electrons. The predicted molar refractivity (Wildman–Crippen MR) is 65.9 cm³/mol. The van der Waals surface area contributed by atoms with E-state index in [0.29, 0.717) is 5.92 Å². The molecule has 0 amide bonds. The van der Waals surface area contributed by atoms with Gasteiger partial charge < -0.3 is 4.98 Å². The van der Waals surface area contributed by atoms with E-state index in [0.717, 1.165) is 40.9 Å². The summed E-state index contributed by atoms with van der Waals surface area (Å²) in [5.41, 5.74) is 2.07. The van der Waals surface area contributed by atoms with Crippen LogP contribution in [0.2, 0.25) is 0 Å². The average molecular weight is 236 g/mol. The van der Waals surface area contributed by atoms with Crippen LogP contribution in [0.5, 0.6) is 0 Å². The topological polar surface area (TPSA) is 45.8 Å². The molecule has 0 atom stereocenters. The maximum absolute atomic E-state index is 11.9. The molecule has 1 aromatic rings. The summed E-state index contributed by atoms with van der Waals surface area (Å²) in [7, 11) is 0. The molecule has 0 bridgehead atoms. The van der Waals surface area contributed by atoms with Crippen LogP contribution in [0.3, 0.4) is 0 Å². The Kier molecular flexibility index (Phi) is 2.54. The van der Waals surface area contributed by atoms with Gasteiger partial charge in [0.15, 0.2) is 0 Å². The van der Waals surface area contributed by atoms with E-state index < -0.39 is 0 Å². The van der Waals surface area contributed by atoms with Crippen molar-refractivity contribution in [3.05, 3.63) is 27.4 Å². The van der Waals surface area contributed by atoms with Crippen molar-refractivity contribution in [2.45, 2.75) is 37.9 Å². The fourth-order valence-electron chi connectivity index (χ4n) is 2.58. The molecule has 1 aliphatic heterocycles. The van der Waals surface area contributed by atoms with Crippen LogP contribution in [0, 0.1) is 5.92 Å². The monoisotopic (exact) mass is 236 g/mol. The van der Waals surface area contributed by atoms with Gasteiger partial charge in [-0.15, -0.1) is 0 Å². The highest BCUT2D eigenvalue weighted by Crippen LogP contribution is 2.39. The van der Waals surface area contributed by atoms with Crippen LogP contribution >= 0.6 is 11.8 Å². The van der Waals surface area contributed by atoms with Gasteiger partial charge in [-0.05, 0) is 30.9 Å². The minimum Gasteiger partial charge on any atom is -0.310 e. The first-order valence-corrected chi connectivity index (χ1v) is 7.09. The van der Waals surface area contributed by atoms with E-state index in [-0.39, 0.29) is 5.56 Å². The van der Waals surface area contributed by atoms with Crippen molar-refractivity contribution in [3.8, 4) is 0 Å². The molecule has 0 unspecified atom stereocenters. The standard InChI is InChI=1S/C12H16N2OS/c1-7-4-8(5-7)11-13-10-2-3-16-6-9(10)12(15)14-11/h7-8H,2-6H2,1H3,(H,13,14,15). The second-order valence-corrected chi connectivity index (χ2v) is 6.06. The van der Waals surface area contributed by atoms with E-state index >= 15 is 0 Å². The smallest absolute Gasteiger partial charge is 0.255 e. The number of fused-ring (bicyclic) bond motifs is 1. The zero-order valence-electron chi connectivity index (χ0n) is 9.45. The predicted octanol–water partition coefficient (Wildman–Crippen LogP) is 2.07. The van der Waals surface area contributed by atoms with Crippen LogP contribution < -0.4 is 5.56 Å². The van der Waals surface area contributed by atoms with Crippen LogP contribution in [0.1, 0.15) is 42.8 Å². The van der Waals surface area contributed by atoms with E-state index in [1.54, 1.807) is 0 Å². The Hall–Kier alpha value is -0.770. The van der Waals surface area contributed by atoms with Crippen LogP contribution in [0.15, 0.2) is 4.79 Å². The Bertz CT molecular complexity index is 463. The molecule has 1 saturated carbocycles. The van der Waals surface area contributed by atoms with Gasteiger partial charge in [0.25, 0.3) is 5.56 Å². The van der Waals surface area contributed by atoms with Gasteiger partial charge >= 0.3 is 0 Å². The SMILES string of the molecule is CC1CC(c2nc3c(c(=O)[nH]2)CSCC3)C1. The Morgan fingerprint density at radius 2 is 2.25 bits per heavy atom. The van der Waals surface area contributed by atoms with Crippen LogP contribution in [-0.4, -0.2) is 15.7 Å². The summed E-state index contributed by atoms with van der Waals surface area (Å²) in [6, 6.07) is 0. The molecule has 0 saturated heterocycles. The van der Waals surface area contributed by atoms with Crippen molar-refractivity contribution in [1.29, 1.82) is 0 Å². The van der Waals surface area contributed by atoms with Crippen LogP contribution in [0.25, 0.3) is 0 Å². The van der Waals surface area contributed by atoms with E-state index in [1.165, 1.54) is 12.8 Å². The average Bonchev–Trinajstić information content (AvgIpc) is 2.25. The van der Waals surface area contributed by atoms with E-state index in [1.807, 2.05) is 11.8 Å². The second kappa shape index (κ2) is 3.91. The lowest BCUT2D eigenvalue weighted by molar-refractivity contribution is 0.277. The van der Waals surface area contributed by atoms with E-state index in [9.17, 15) is 4.79 Å². The molecular weight excluding hydrogens is 220 g/mol. The molecule has 0 spiro atoms. The van der Waals surface area contributed by atoms with Gasteiger partial charge in [0.1, 0.15) is 5.82 Å². The fraction of sp³-hybridized carbons (Fsp3) is 0.667. The largest absolute Gasteiger partial charge is 0.310 e. The molecule has 2 heterocycles. The normalized spacial score (nSPS) is 28.3. The minimum atomic E-state index is 0.103. The van der Waals surface area contributed by atoms with Crippen molar-refractivity contribution in [2.75, 3.05) is 5.75 Å². The number of hydrogen-bond acceptors (Lipinski definition) is 3. The van der Waals surface area contributed by atoms with Gasteiger partial charge in [0.05, 0.1) is 5.69 Å². The number of aromatic nitrogens is 2. The highest BCUT2D eigenvalue weighted by molar-refractivity contribution is 7.98. The lowest BCUT2D eigenvalue weighted by Gasteiger charge is -2.32. The summed E-state index contributed by atoms with van der Waals surface area (Å²) in [6.07, 6.45) is 3.31. The van der Waals surface area contributed by atoms with Crippen LogP contribution in [0.4, 0.5) is 0 Å². The molecule has 3 nitrogen and oxygen atoms in total. The number of hydrogen-bond donors (Lipinski definition) is 1. The zero-order chi connectivity index (χ0) is 11.1. The number of aryl methyl sites for hydroxylation is 1. The first-order chi connectivity index (χ1) is 7.74. The van der Waals surface area contributed by atoms with Gasteiger partial charge in [-0.2, -0.15) is 11.8 Å². The highest BCUT2D eigenvalue weighted by Gasteiger charge is 2.29. The molecule has 16 heavy (non-hydrogen) atoms. The molecule has 1 fully saturated rings. The number of nitrogens with zero attached hydrogens (tertiary/aromatic N) is 1. The number of thioether (sulfide) groups is 1. The summed E-state index contributed by atoms with van der Waals surface area (Å²) in [6.45, 7) is 2.25. The molecule has 3 rings (SSSR count). The minimum absolute atomic E-state index is 0.103. The Morgan fingerprint density at radius 1 is 1.44 bits per heavy atom. The summed E-state index contributed by atoms with van der Waals surface area (Å²) in [5.74, 6) is 4.17. The maximum Gasteiger partial charge on any atom is 0.255 e. The van der Waals surface area contributed by atoms with Crippen LogP contribution in [-0.2, 0) is 12.2 Å². The van der Waals surface area contributed by atoms with Gasteiger partial charge in [-0.3, -0.25) is 4.79 Å². The molecule has 1 N–H and O–H groups in total. The lowest BCUT2D eigenvalue weighted by Crippen LogP contribution is -2.28. The third kappa shape index (κ3) is 1.69. The maximum atomic E-state index is 11.9. The van der Waals surface area contributed by atoms with E-state index in [4.69, 9.17) is 0 Å². The number of H-pyrrole nitrogens is 1. The Balaban J connectivity index is 1.96. The molecule has 1 aliphatic carbocycles. The van der Waals surface area contributed by atoms with Crippen molar-refractivity contribution in [3.63, 3.8) is 0 Å². The number of aromatic amines is 1. The molecule has 0 aromatic carbocycles. The van der Waals surface area contributed by atoms with Crippen molar-refractivity contribution in [1.82, 2.24) is 9.97 Å². The molecule has 86 valence electrons. The van der Waals surface area contributed by atoms with Gasteiger partial charge in [0, 0.05) is 17.2 Å². The summed E-state index contributed by atoms with van der Waals surface area (Å²) < 4.78 is 0. The fourth-order valence-corrected chi connectivity index (χ4v) is 3.57. The highest BCUT2D eigenvalue weighted by atomic mass is 32.2. The molecule has 4 heteroatoms. The van der Waals surface area contributed by atoms with Gasteiger partial charge in [-0.1, -0.05) is 6.92 Å². The summed E-state index contributed by atoms with van der Waals surface area (Å²) >= 11 is 1.83. The molecule has 1 aromatic heterocycles.